The first-order valence-corrected chi connectivity index (χ1v) is 6.93. The second kappa shape index (κ2) is 17.3. The van der Waals surface area contributed by atoms with Crippen LogP contribution >= 0.6 is 0 Å². The second-order valence-electron chi connectivity index (χ2n) is 4.32. The first kappa shape index (κ1) is 22.5. The van der Waals surface area contributed by atoms with Crippen molar-refractivity contribution in [3.05, 3.63) is 0 Å². The molecule has 0 aliphatic rings. The summed E-state index contributed by atoms with van der Waals surface area (Å²) in [6.07, 6.45) is -0.0127. The molecule has 0 aromatic carbocycles. The molecule has 0 spiro atoms. The van der Waals surface area contributed by atoms with Crippen LogP contribution in [0.3, 0.4) is 0 Å². The molecular weight excluding hydrogens is 280 g/mol. The summed E-state index contributed by atoms with van der Waals surface area (Å²) in [6, 6.07) is 0. The standard InChI is InChI=1S/C9H18O4.C5H12O3/c1-7(11-4)5-12-8(2)6-13-9(3)10;1-7-4-5-8-3-2-6/h7-8H,5-6H2,1-4H3;6H,2-5H2,1H3. The summed E-state index contributed by atoms with van der Waals surface area (Å²) in [5.74, 6) is -0.282. The Hall–Kier alpha value is -0.730. The van der Waals surface area contributed by atoms with E-state index in [9.17, 15) is 4.79 Å². The van der Waals surface area contributed by atoms with E-state index in [1.165, 1.54) is 6.92 Å². The van der Waals surface area contributed by atoms with Crippen LogP contribution in [-0.4, -0.2) is 77.1 Å². The van der Waals surface area contributed by atoms with Gasteiger partial charge in [-0.05, 0) is 13.8 Å². The van der Waals surface area contributed by atoms with Gasteiger partial charge in [0.2, 0.25) is 0 Å². The summed E-state index contributed by atoms with van der Waals surface area (Å²) < 4.78 is 24.6. The van der Waals surface area contributed by atoms with Crippen molar-refractivity contribution in [1.29, 1.82) is 0 Å². The summed E-state index contributed by atoms with van der Waals surface area (Å²) in [5, 5.41) is 8.20. The van der Waals surface area contributed by atoms with Crippen LogP contribution in [0.25, 0.3) is 0 Å². The van der Waals surface area contributed by atoms with Crippen molar-refractivity contribution >= 4 is 5.97 Å². The SMILES string of the molecule is COC(C)COC(C)COC(C)=O.COCCOCCO. The zero-order chi connectivity index (χ0) is 16.5. The fourth-order valence-corrected chi connectivity index (χ4v) is 0.960. The molecule has 0 aromatic rings. The average Bonchev–Trinajstić information content (AvgIpc) is 2.47. The Morgan fingerprint density at radius 2 is 1.71 bits per heavy atom. The molecule has 0 bridgehead atoms. The third kappa shape index (κ3) is 21.7. The lowest BCUT2D eigenvalue weighted by atomic mass is 10.4. The fourth-order valence-electron chi connectivity index (χ4n) is 0.960. The Bertz CT molecular complexity index is 217. The van der Waals surface area contributed by atoms with Gasteiger partial charge in [0.15, 0.2) is 0 Å². The molecule has 0 saturated carbocycles. The van der Waals surface area contributed by atoms with E-state index in [0.29, 0.717) is 33.0 Å². The molecule has 21 heavy (non-hydrogen) atoms. The number of hydrogen-bond donors (Lipinski definition) is 1. The molecule has 7 heteroatoms. The van der Waals surface area contributed by atoms with E-state index >= 15 is 0 Å². The number of carbonyl (C=O) groups excluding carboxylic acids is 1. The van der Waals surface area contributed by atoms with E-state index in [-0.39, 0.29) is 24.8 Å². The largest absolute Gasteiger partial charge is 0.463 e. The predicted molar refractivity (Wildman–Crippen MR) is 78.3 cm³/mol. The number of methoxy groups -OCH3 is 2. The van der Waals surface area contributed by atoms with Crippen LogP contribution in [0.1, 0.15) is 20.8 Å². The van der Waals surface area contributed by atoms with Crippen molar-refractivity contribution in [2.45, 2.75) is 33.0 Å². The first-order chi connectivity index (χ1) is 9.97. The third-order valence-corrected chi connectivity index (χ3v) is 2.21. The second-order valence-corrected chi connectivity index (χ2v) is 4.32. The van der Waals surface area contributed by atoms with Crippen molar-refractivity contribution in [2.24, 2.45) is 0 Å². The molecule has 0 aromatic heterocycles. The molecule has 0 fully saturated rings. The molecule has 2 atom stereocenters. The Morgan fingerprint density at radius 3 is 2.19 bits per heavy atom. The smallest absolute Gasteiger partial charge is 0.302 e. The van der Waals surface area contributed by atoms with Crippen molar-refractivity contribution in [3.8, 4) is 0 Å². The van der Waals surface area contributed by atoms with Crippen LogP contribution in [0.5, 0.6) is 0 Å². The summed E-state index contributed by atoms with van der Waals surface area (Å²) in [7, 11) is 3.24. The number of aliphatic hydroxyl groups excluding tert-OH is 1. The molecule has 0 amide bonds. The first-order valence-electron chi connectivity index (χ1n) is 6.93. The maximum atomic E-state index is 10.4. The van der Waals surface area contributed by atoms with Crippen molar-refractivity contribution in [3.63, 3.8) is 0 Å². The Labute approximate surface area is 127 Å². The predicted octanol–water partition coefficient (Wildman–Crippen LogP) is 0.631. The molecule has 0 saturated heterocycles. The van der Waals surface area contributed by atoms with Gasteiger partial charge >= 0.3 is 5.97 Å². The van der Waals surface area contributed by atoms with E-state index in [1.807, 2.05) is 13.8 Å². The lowest BCUT2D eigenvalue weighted by Crippen LogP contribution is -2.23. The molecule has 0 rings (SSSR count). The summed E-state index contributed by atoms with van der Waals surface area (Å²) in [5.41, 5.74) is 0. The van der Waals surface area contributed by atoms with Crippen molar-refractivity contribution in [1.82, 2.24) is 0 Å². The van der Waals surface area contributed by atoms with Gasteiger partial charge in [0.1, 0.15) is 6.61 Å². The van der Waals surface area contributed by atoms with Gasteiger partial charge in [0.05, 0.1) is 45.2 Å². The molecule has 128 valence electrons. The Kier molecular flexibility index (Phi) is 18.6. The summed E-state index contributed by atoms with van der Waals surface area (Å²) in [4.78, 5) is 10.4. The van der Waals surface area contributed by atoms with Crippen molar-refractivity contribution < 1.29 is 33.6 Å². The quantitative estimate of drug-likeness (QED) is 0.442. The minimum atomic E-state index is -0.282. The number of rotatable bonds is 11. The molecule has 0 heterocycles. The normalized spacial score (nSPS) is 13.0. The lowest BCUT2D eigenvalue weighted by Gasteiger charge is -2.15. The minimum absolute atomic E-state index is 0.0692. The highest BCUT2D eigenvalue weighted by molar-refractivity contribution is 5.65. The van der Waals surface area contributed by atoms with Gasteiger partial charge in [-0.1, -0.05) is 0 Å². The fraction of sp³-hybridized carbons (Fsp3) is 0.929. The molecule has 0 aliphatic heterocycles. The minimum Gasteiger partial charge on any atom is -0.463 e. The van der Waals surface area contributed by atoms with Gasteiger partial charge in [0, 0.05) is 21.1 Å². The highest BCUT2D eigenvalue weighted by Gasteiger charge is 2.06. The maximum absolute atomic E-state index is 10.4. The molecule has 0 aliphatic carbocycles. The monoisotopic (exact) mass is 310 g/mol. The van der Waals surface area contributed by atoms with E-state index in [0.717, 1.165) is 0 Å². The number of hydrogen-bond acceptors (Lipinski definition) is 7. The summed E-state index contributed by atoms with van der Waals surface area (Å²) in [6.45, 7) is 7.61. The van der Waals surface area contributed by atoms with Crippen LogP contribution in [0, 0.1) is 0 Å². The Morgan fingerprint density at radius 1 is 1.05 bits per heavy atom. The van der Waals surface area contributed by atoms with Gasteiger partial charge < -0.3 is 28.8 Å². The average molecular weight is 310 g/mol. The maximum Gasteiger partial charge on any atom is 0.302 e. The third-order valence-electron chi connectivity index (χ3n) is 2.21. The van der Waals surface area contributed by atoms with Gasteiger partial charge in [-0.25, -0.2) is 0 Å². The molecular formula is C14H30O7. The number of carbonyl (C=O) groups is 1. The molecule has 0 radical (unpaired) electrons. The van der Waals surface area contributed by atoms with E-state index in [1.54, 1.807) is 14.2 Å². The van der Waals surface area contributed by atoms with E-state index in [2.05, 4.69) is 4.74 Å². The topological polar surface area (TPSA) is 83.5 Å². The molecule has 7 nitrogen and oxygen atoms in total. The van der Waals surface area contributed by atoms with Crippen LogP contribution in [0.4, 0.5) is 0 Å². The van der Waals surface area contributed by atoms with Gasteiger partial charge in [-0.2, -0.15) is 0 Å². The zero-order valence-electron chi connectivity index (χ0n) is 13.8. The van der Waals surface area contributed by atoms with Gasteiger partial charge in [0.25, 0.3) is 0 Å². The van der Waals surface area contributed by atoms with E-state index in [4.69, 9.17) is 24.1 Å². The summed E-state index contributed by atoms with van der Waals surface area (Å²) >= 11 is 0. The Balaban J connectivity index is 0. The van der Waals surface area contributed by atoms with Gasteiger partial charge in [-0.15, -0.1) is 0 Å². The number of ether oxygens (including phenoxy) is 5. The lowest BCUT2D eigenvalue weighted by molar-refractivity contribution is -0.145. The van der Waals surface area contributed by atoms with Gasteiger partial charge in [-0.3, -0.25) is 4.79 Å². The highest BCUT2D eigenvalue weighted by atomic mass is 16.6. The van der Waals surface area contributed by atoms with Crippen LogP contribution in [0.2, 0.25) is 0 Å². The van der Waals surface area contributed by atoms with Crippen LogP contribution < -0.4 is 0 Å². The highest BCUT2D eigenvalue weighted by Crippen LogP contribution is 1.96. The molecule has 1 N–H and O–H groups in total. The zero-order valence-corrected chi connectivity index (χ0v) is 13.8. The van der Waals surface area contributed by atoms with Crippen LogP contribution in [-0.2, 0) is 28.5 Å². The van der Waals surface area contributed by atoms with Crippen molar-refractivity contribution in [2.75, 3.05) is 53.9 Å². The number of esters is 1. The number of aliphatic hydroxyl groups is 1. The van der Waals surface area contributed by atoms with E-state index < -0.39 is 0 Å². The molecule has 2 unspecified atom stereocenters. The van der Waals surface area contributed by atoms with Crippen LogP contribution in [0.15, 0.2) is 0 Å².